The monoisotopic (exact) mass is 473 g/mol. The first-order chi connectivity index (χ1) is 18.3. The second-order valence-corrected chi connectivity index (χ2v) is 9.72. The molecule has 0 aliphatic carbocycles. The molecular formula is C34H19NO2. The van der Waals surface area contributed by atoms with Crippen molar-refractivity contribution >= 4 is 76.5 Å². The summed E-state index contributed by atoms with van der Waals surface area (Å²) in [7, 11) is 0. The average molecular weight is 474 g/mol. The van der Waals surface area contributed by atoms with Gasteiger partial charge in [0.2, 0.25) is 0 Å². The van der Waals surface area contributed by atoms with E-state index < -0.39 is 0 Å². The maximum Gasteiger partial charge on any atom is 0.137 e. The summed E-state index contributed by atoms with van der Waals surface area (Å²) in [6, 6.07) is 40.5. The molecule has 0 spiro atoms. The third kappa shape index (κ3) is 2.45. The van der Waals surface area contributed by atoms with Crippen molar-refractivity contribution in [3.05, 3.63) is 115 Å². The van der Waals surface area contributed by atoms with E-state index in [0.717, 1.165) is 49.6 Å². The quantitative estimate of drug-likeness (QED) is 0.238. The summed E-state index contributed by atoms with van der Waals surface area (Å²) >= 11 is 0. The predicted molar refractivity (Wildman–Crippen MR) is 153 cm³/mol. The molecule has 0 radical (unpaired) electrons. The van der Waals surface area contributed by atoms with E-state index in [1.54, 1.807) is 0 Å². The highest BCUT2D eigenvalue weighted by Gasteiger charge is 2.17. The highest BCUT2D eigenvalue weighted by Crippen LogP contribution is 2.41. The van der Waals surface area contributed by atoms with Crippen molar-refractivity contribution in [2.75, 3.05) is 0 Å². The van der Waals surface area contributed by atoms with Crippen LogP contribution in [-0.4, -0.2) is 4.57 Å². The van der Waals surface area contributed by atoms with Gasteiger partial charge in [0.25, 0.3) is 0 Å². The van der Waals surface area contributed by atoms with E-state index >= 15 is 0 Å². The lowest BCUT2D eigenvalue weighted by molar-refractivity contribution is 0.668. The first kappa shape index (κ1) is 19.2. The maximum absolute atomic E-state index is 6.47. The molecule has 9 rings (SSSR count). The second kappa shape index (κ2) is 6.80. The molecule has 0 N–H and O–H groups in total. The first-order valence-corrected chi connectivity index (χ1v) is 12.5. The van der Waals surface area contributed by atoms with Crippen LogP contribution >= 0.6 is 0 Å². The lowest BCUT2D eigenvalue weighted by Gasteiger charge is -2.07. The van der Waals surface area contributed by atoms with Crippen molar-refractivity contribution < 1.29 is 8.83 Å². The normalized spacial score (nSPS) is 12.3. The number of hydrogen-bond donors (Lipinski definition) is 0. The summed E-state index contributed by atoms with van der Waals surface area (Å²) < 4.78 is 14.9. The minimum Gasteiger partial charge on any atom is -0.456 e. The minimum atomic E-state index is 0.888. The fraction of sp³-hybridized carbons (Fsp3) is 0. The van der Waals surface area contributed by atoms with Crippen LogP contribution in [0.15, 0.2) is 124 Å². The molecule has 0 aliphatic rings. The van der Waals surface area contributed by atoms with E-state index in [1.807, 2.05) is 12.1 Å². The van der Waals surface area contributed by atoms with Crippen molar-refractivity contribution in [1.29, 1.82) is 0 Å². The fourth-order valence-corrected chi connectivity index (χ4v) is 6.23. The van der Waals surface area contributed by atoms with Gasteiger partial charge in [-0.25, -0.2) is 0 Å². The molecular weight excluding hydrogens is 454 g/mol. The van der Waals surface area contributed by atoms with E-state index in [9.17, 15) is 0 Å². The Morgan fingerprint density at radius 1 is 0.378 bits per heavy atom. The molecule has 3 aromatic heterocycles. The van der Waals surface area contributed by atoms with Crippen LogP contribution < -0.4 is 0 Å². The van der Waals surface area contributed by atoms with Gasteiger partial charge >= 0.3 is 0 Å². The number of furan rings is 2. The van der Waals surface area contributed by atoms with Gasteiger partial charge < -0.3 is 13.4 Å². The summed E-state index contributed by atoms with van der Waals surface area (Å²) in [4.78, 5) is 0. The highest BCUT2D eigenvalue weighted by molar-refractivity contribution is 6.27. The molecule has 0 amide bonds. The van der Waals surface area contributed by atoms with Crippen molar-refractivity contribution in [2.24, 2.45) is 0 Å². The molecule has 0 saturated carbocycles. The lowest BCUT2D eigenvalue weighted by atomic mass is 9.99. The molecule has 0 atom stereocenters. The van der Waals surface area contributed by atoms with E-state index in [2.05, 4.69) is 108 Å². The predicted octanol–water partition coefficient (Wildman–Crippen LogP) is 9.74. The second-order valence-electron chi connectivity index (χ2n) is 9.72. The van der Waals surface area contributed by atoms with Crippen LogP contribution in [0.4, 0.5) is 0 Å². The van der Waals surface area contributed by atoms with Gasteiger partial charge in [-0.1, -0.05) is 54.6 Å². The van der Waals surface area contributed by atoms with Gasteiger partial charge in [0.15, 0.2) is 0 Å². The number of nitrogens with zero attached hydrogens (tertiary/aromatic N) is 1. The molecule has 172 valence electrons. The van der Waals surface area contributed by atoms with Crippen molar-refractivity contribution in [3.63, 3.8) is 0 Å². The Hall–Kier alpha value is -5.02. The Labute approximate surface area is 210 Å². The van der Waals surface area contributed by atoms with Crippen LogP contribution in [0.2, 0.25) is 0 Å². The fourth-order valence-electron chi connectivity index (χ4n) is 6.23. The maximum atomic E-state index is 6.47. The van der Waals surface area contributed by atoms with Crippen molar-refractivity contribution in [1.82, 2.24) is 4.57 Å². The zero-order valence-corrected chi connectivity index (χ0v) is 19.7. The van der Waals surface area contributed by atoms with Crippen LogP contribution in [0.25, 0.3) is 82.1 Å². The number of rotatable bonds is 1. The van der Waals surface area contributed by atoms with Crippen molar-refractivity contribution in [2.45, 2.75) is 0 Å². The summed E-state index contributed by atoms with van der Waals surface area (Å²) in [5, 5.41) is 9.44. The molecule has 9 aromatic rings. The molecule has 0 aliphatic heterocycles. The zero-order chi connectivity index (χ0) is 24.1. The van der Waals surface area contributed by atoms with Crippen LogP contribution in [0.1, 0.15) is 0 Å². The number of para-hydroxylation sites is 3. The van der Waals surface area contributed by atoms with Gasteiger partial charge in [0.1, 0.15) is 22.3 Å². The van der Waals surface area contributed by atoms with Crippen LogP contribution in [0.5, 0.6) is 0 Å². The summed E-state index contributed by atoms with van der Waals surface area (Å²) in [5.74, 6) is 0. The molecule has 0 fully saturated rings. The van der Waals surface area contributed by atoms with Gasteiger partial charge in [-0.2, -0.15) is 0 Å². The topological polar surface area (TPSA) is 31.2 Å². The molecule has 37 heavy (non-hydrogen) atoms. The lowest BCUT2D eigenvalue weighted by Crippen LogP contribution is -1.93. The summed E-state index contributed by atoms with van der Waals surface area (Å²) in [6.45, 7) is 0. The number of fused-ring (bicyclic) bond motifs is 12. The van der Waals surface area contributed by atoms with Gasteiger partial charge in [-0.15, -0.1) is 0 Å². The van der Waals surface area contributed by atoms with Crippen LogP contribution in [0, 0.1) is 0 Å². The van der Waals surface area contributed by atoms with Gasteiger partial charge in [-0.05, 0) is 65.4 Å². The van der Waals surface area contributed by atoms with Crippen LogP contribution in [0.3, 0.4) is 0 Å². The zero-order valence-electron chi connectivity index (χ0n) is 19.7. The number of benzene rings is 6. The molecule has 6 aromatic carbocycles. The Bertz CT molecular complexity index is 2310. The first-order valence-electron chi connectivity index (χ1n) is 12.5. The number of aromatic nitrogens is 1. The van der Waals surface area contributed by atoms with Gasteiger partial charge in [-0.3, -0.25) is 0 Å². The standard InChI is InChI=1S/C34H19NO2/c1-4-10-27-21(7-1)22-8-2-5-11-28(22)35(27)20-13-14-26-32(19-20)37-31-18-16-23-24(34(26)31)15-17-30-33(23)25-9-3-6-12-29(25)36-30/h1-19H. The molecule has 0 unspecified atom stereocenters. The van der Waals surface area contributed by atoms with E-state index in [1.165, 1.54) is 32.6 Å². The Balaban J connectivity index is 1.36. The van der Waals surface area contributed by atoms with Gasteiger partial charge in [0, 0.05) is 44.1 Å². The Morgan fingerprint density at radius 3 is 1.57 bits per heavy atom. The average Bonchev–Trinajstić information content (AvgIpc) is 3.61. The minimum absolute atomic E-state index is 0.888. The largest absolute Gasteiger partial charge is 0.456 e. The van der Waals surface area contributed by atoms with E-state index in [-0.39, 0.29) is 0 Å². The Kier molecular flexibility index (Phi) is 3.53. The summed E-state index contributed by atoms with van der Waals surface area (Å²) in [5.41, 5.74) is 7.09. The van der Waals surface area contributed by atoms with Gasteiger partial charge in [0.05, 0.1) is 11.0 Å². The van der Waals surface area contributed by atoms with E-state index in [0.29, 0.717) is 0 Å². The third-order valence-electron chi connectivity index (χ3n) is 7.79. The summed E-state index contributed by atoms with van der Waals surface area (Å²) in [6.07, 6.45) is 0. The SMILES string of the molecule is c1ccc2c(c1)oc1ccc3c(ccc4oc5cc(-n6c7ccccc7c7ccccc76)ccc5c43)c12. The smallest absolute Gasteiger partial charge is 0.137 e. The molecule has 3 nitrogen and oxygen atoms in total. The third-order valence-corrected chi connectivity index (χ3v) is 7.79. The molecule has 0 bridgehead atoms. The number of hydrogen-bond acceptors (Lipinski definition) is 2. The molecule has 3 heterocycles. The highest BCUT2D eigenvalue weighted by atomic mass is 16.3. The van der Waals surface area contributed by atoms with E-state index in [4.69, 9.17) is 8.83 Å². The Morgan fingerprint density at radius 2 is 0.892 bits per heavy atom. The van der Waals surface area contributed by atoms with Crippen LogP contribution in [-0.2, 0) is 0 Å². The molecule has 0 saturated heterocycles. The van der Waals surface area contributed by atoms with Crippen molar-refractivity contribution in [3.8, 4) is 5.69 Å². The molecule has 3 heteroatoms.